The number of halogens is 1. The summed E-state index contributed by atoms with van der Waals surface area (Å²) in [6, 6.07) is 13.3. The van der Waals surface area contributed by atoms with E-state index in [0.717, 1.165) is 24.0 Å². The van der Waals surface area contributed by atoms with Crippen molar-refractivity contribution in [2.75, 3.05) is 13.4 Å². The van der Waals surface area contributed by atoms with Crippen molar-refractivity contribution < 1.29 is 13.2 Å². The number of hydrogen-bond donors (Lipinski definition) is 0. The Morgan fingerprint density at radius 2 is 1.63 bits per heavy atom. The molecule has 0 N–H and O–H groups in total. The monoisotopic (exact) mass is 402 g/mol. The average Bonchev–Trinajstić information content (AvgIpc) is 3.40. The second-order valence-corrected chi connectivity index (χ2v) is 10.2. The highest BCUT2D eigenvalue weighted by Crippen LogP contribution is 2.60. The van der Waals surface area contributed by atoms with E-state index >= 15 is 0 Å². The fraction of sp³-hybridized carbons (Fsp3) is 0.364. The lowest BCUT2D eigenvalue weighted by Crippen LogP contribution is -2.10. The Kier molecular flexibility index (Phi) is 4.59. The summed E-state index contributed by atoms with van der Waals surface area (Å²) in [5.41, 5.74) is 5.32. The van der Waals surface area contributed by atoms with E-state index in [0.29, 0.717) is 21.1 Å². The van der Waals surface area contributed by atoms with E-state index in [1.807, 2.05) is 24.3 Å². The average molecular weight is 403 g/mol. The third kappa shape index (κ3) is 3.65. The van der Waals surface area contributed by atoms with Crippen LogP contribution in [0.25, 0.3) is 11.1 Å². The van der Waals surface area contributed by atoms with Gasteiger partial charge in [-0.25, -0.2) is 8.42 Å². The molecule has 1 fully saturated rings. The summed E-state index contributed by atoms with van der Waals surface area (Å²) in [7, 11) is -1.57. The summed E-state index contributed by atoms with van der Waals surface area (Å²) in [5, 5.41) is 0.615. The molecule has 2 aliphatic rings. The van der Waals surface area contributed by atoms with Crippen LogP contribution in [0.5, 0.6) is 5.75 Å². The molecule has 2 aromatic carbocycles. The van der Waals surface area contributed by atoms with Gasteiger partial charge in [-0.15, -0.1) is 0 Å². The van der Waals surface area contributed by atoms with Crippen LogP contribution in [0.1, 0.15) is 43.2 Å². The van der Waals surface area contributed by atoms with Crippen molar-refractivity contribution in [1.82, 2.24) is 0 Å². The van der Waals surface area contributed by atoms with Crippen LogP contribution in [0.4, 0.5) is 0 Å². The molecule has 0 amide bonds. The molecule has 142 valence electrons. The van der Waals surface area contributed by atoms with Crippen LogP contribution in [-0.2, 0) is 9.84 Å². The van der Waals surface area contributed by atoms with E-state index in [1.165, 1.54) is 36.7 Å². The van der Waals surface area contributed by atoms with E-state index in [9.17, 15) is 8.42 Å². The zero-order valence-corrected chi connectivity index (χ0v) is 17.2. The third-order valence-electron chi connectivity index (χ3n) is 5.91. The molecule has 4 rings (SSSR count). The minimum Gasteiger partial charge on any atom is -0.495 e. The first-order valence-electron chi connectivity index (χ1n) is 9.18. The second-order valence-electron chi connectivity index (χ2n) is 7.78. The number of hydrogen-bond acceptors (Lipinski definition) is 3. The van der Waals surface area contributed by atoms with Crippen molar-refractivity contribution in [3.63, 3.8) is 0 Å². The van der Waals surface area contributed by atoms with Crippen molar-refractivity contribution in [2.45, 2.75) is 37.0 Å². The molecule has 0 unspecified atom stereocenters. The minimum atomic E-state index is -3.19. The van der Waals surface area contributed by atoms with Gasteiger partial charge in [0.25, 0.3) is 0 Å². The predicted molar refractivity (Wildman–Crippen MR) is 110 cm³/mol. The van der Waals surface area contributed by atoms with E-state index in [1.54, 1.807) is 19.2 Å². The summed E-state index contributed by atoms with van der Waals surface area (Å²) >= 11 is 6.39. The number of ether oxygens (including phenoxy) is 1. The molecule has 2 aliphatic carbocycles. The maximum Gasteiger partial charge on any atom is 0.175 e. The lowest BCUT2D eigenvalue weighted by molar-refractivity contribution is 0.415. The van der Waals surface area contributed by atoms with Gasteiger partial charge < -0.3 is 4.74 Å². The molecule has 0 saturated heterocycles. The van der Waals surface area contributed by atoms with Gasteiger partial charge in [-0.3, -0.25) is 0 Å². The van der Waals surface area contributed by atoms with Crippen LogP contribution in [0, 0.1) is 5.41 Å². The van der Waals surface area contributed by atoms with E-state index in [4.69, 9.17) is 16.3 Å². The van der Waals surface area contributed by atoms with Gasteiger partial charge in [0, 0.05) is 6.26 Å². The minimum absolute atomic E-state index is 0.357. The molecule has 5 heteroatoms. The van der Waals surface area contributed by atoms with E-state index < -0.39 is 9.84 Å². The highest BCUT2D eigenvalue weighted by molar-refractivity contribution is 7.90. The van der Waals surface area contributed by atoms with Crippen molar-refractivity contribution in [3.05, 3.63) is 58.6 Å². The highest BCUT2D eigenvalue weighted by Gasteiger charge is 2.45. The van der Waals surface area contributed by atoms with Crippen molar-refractivity contribution in [1.29, 1.82) is 0 Å². The summed E-state index contributed by atoms with van der Waals surface area (Å²) in [6.07, 6.45) is 7.09. The zero-order chi connectivity index (χ0) is 19.2. The molecule has 0 heterocycles. The molecule has 1 spiro atoms. The first-order chi connectivity index (χ1) is 12.8. The Balaban J connectivity index is 1.80. The molecule has 0 aliphatic heterocycles. The van der Waals surface area contributed by atoms with E-state index in [-0.39, 0.29) is 0 Å². The molecule has 0 aromatic heterocycles. The fourth-order valence-electron chi connectivity index (χ4n) is 4.07. The van der Waals surface area contributed by atoms with Crippen LogP contribution in [0.2, 0.25) is 5.02 Å². The summed E-state index contributed by atoms with van der Waals surface area (Å²) in [5.74, 6) is 0.678. The predicted octanol–water partition coefficient (Wildman–Crippen LogP) is 5.63. The topological polar surface area (TPSA) is 43.4 Å². The van der Waals surface area contributed by atoms with Gasteiger partial charge in [-0.2, -0.15) is 0 Å². The first kappa shape index (κ1) is 18.6. The van der Waals surface area contributed by atoms with Crippen LogP contribution in [0.15, 0.2) is 47.4 Å². The molecule has 2 aromatic rings. The van der Waals surface area contributed by atoms with Crippen molar-refractivity contribution in [3.8, 4) is 5.75 Å². The zero-order valence-electron chi connectivity index (χ0n) is 15.6. The van der Waals surface area contributed by atoms with Gasteiger partial charge in [0.15, 0.2) is 9.84 Å². The molecule has 0 atom stereocenters. The Labute approximate surface area is 165 Å². The standard InChI is InChI=1S/C22H23ClO3S/c1-26-21-8-5-16(13-20(21)23)19-14-22(11-12-22)10-9-18(19)15-3-6-17(7-4-15)27(2,24)25/h3-8,13H,9-12,14H2,1-2H3. The van der Waals surface area contributed by atoms with Crippen LogP contribution in [0.3, 0.4) is 0 Å². The van der Waals surface area contributed by atoms with Crippen molar-refractivity contribution in [2.24, 2.45) is 5.41 Å². The number of allylic oxidation sites excluding steroid dienone is 2. The molecule has 1 saturated carbocycles. The Hall–Kier alpha value is -1.78. The van der Waals surface area contributed by atoms with Crippen LogP contribution >= 0.6 is 11.6 Å². The molecule has 0 radical (unpaired) electrons. The summed E-state index contributed by atoms with van der Waals surface area (Å²) in [6.45, 7) is 0. The Bertz CT molecular complexity index is 1020. The molecular formula is C22H23ClO3S. The van der Waals surface area contributed by atoms with Gasteiger partial charge in [-0.1, -0.05) is 29.8 Å². The van der Waals surface area contributed by atoms with Gasteiger partial charge in [0.1, 0.15) is 5.75 Å². The number of methoxy groups -OCH3 is 1. The third-order valence-corrected chi connectivity index (χ3v) is 7.33. The van der Waals surface area contributed by atoms with E-state index in [2.05, 4.69) is 6.07 Å². The largest absolute Gasteiger partial charge is 0.495 e. The van der Waals surface area contributed by atoms with Crippen LogP contribution in [-0.4, -0.2) is 21.8 Å². The maximum atomic E-state index is 11.8. The SMILES string of the molecule is COc1ccc(C2=C(c3ccc(S(C)(=O)=O)cc3)CCC3(CC3)C2)cc1Cl. The smallest absolute Gasteiger partial charge is 0.175 e. The maximum absolute atomic E-state index is 11.8. The van der Waals surface area contributed by atoms with Crippen molar-refractivity contribution >= 4 is 32.6 Å². The second kappa shape index (κ2) is 6.68. The van der Waals surface area contributed by atoms with Crippen LogP contribution < -0.4 is 4.74 Å². The Morgan fingerprint density at radius 3 is 2.19 bits per heavy atom. The summed E-state index contributed by atoms with van der Waals surface area (Å²) < 4.78 is 28.8. The van der Waals surface area contributed by atoms with Gasteiger partial charge in [0.05, 0.1) is 17.0 Å². The summed E-state index contributed by atoms with van der Waals surface area (Å²) in [4.78, 5) is 0.357. The first-order valence-corrected chi connectivity index (χ1v) is 11.4. The molecule has 27 heavy (non-hydrogen) atoms. The van der Waals surface area contributed by atoms with Gasteiger partial charge >= 0.3 is 0 Å². The van der Waals surface area contributed by atoms with Gasteiger partial charge in [-0.05, 0) is 84.1 Å². The Morgan fingerprint density at radius 1 is 0.963 bits per heavy atom. The lowest BCUT2D eigenvalue weighted by atomic mass is 9.77. The number of rotatable bonds is 4. The molecular weight excluding hydrogens is 380 g/mol. The van der Waals surface area contributed by atoms with Gasteiger partial charge in [0.2, 0.25) is 0 Å². The lowest BCUT2D eigenvalue weighted by Gasteiger charge is -2.28. The number of sulfone groups is 1. The molecule has 3 nitrogen and oxygen atoms in total. The molecule has 0 bridgehead atoms. The normalized spacial score (nSPS) is 18.6. The quantitative estimate of drug-likeness (QED) is 0.665. The highest BCUT2D eigenvalue weighted by atomic mass is 35.5. The number of benzene rings is 2. The fourth-order valence-corrected chi connectivity index (χ4v) is 4.96.